The van der Waals surface area contributed by atoms with Crippen molar-refractivity contribution in [3.05, 3.63) is 89.6 Å². The number of rotatable bonds is 10. The summed E-state index contributed by atoms with van der Waals surface area (Å²) in [6.45, 7) is 5.11. The summed E-state index contributed by atoms with van der Waals surface area (Å²) in [5.41, 5.74) is 4.94. The summed E-state index contributed by atoms with van der Waals surface area (Å²) in [4.78, 5) is 11.5. The van der Waals surface area contributed by atoms with Gasteiger partial charge in [0, 0.05) is 22.6 Å². The fourth-order valence-electron chi connectivity index (χ4n) is 4.77. The number of nitrogens with zero attached hydrogens (tertiary/aromatic N) is 1. The zero-order chi connectivity index (χ0) is 23.9. The molecule has 0 radical (unpaired) electrons. The number of unbranched alkanes of at least 4 members (excludes halogenated alkanes) is 2. The summed E-state index contributed by atoms with van der Waals surface area (Å²) in [5.74, 6) is -0.890. The predicted octanol–water partition coefficient (Wildman–Crippen LogP) is 7.80. The van der Waals surface area contributed by atoms with Gasteiger partial charge in [-0.2, -0.15) is 0 Å². The van der Waals surface area contributed by atoms with Crippen molar-refractivity contribution in [3.8, 4) is 0 Å². The summed E-state index contributed by atoms with van der Waals surface area (Å²) in [5, 5.41) is 10.5. The number of carboxylic acid groups (broad SMARTS) is 1. The Morgan fingerprint density at radius 2 is 1.97 bits per heavy atom. The van der Waals surface area contributed by atoms with Crippen LogP contribution in [-0.4, -0.2) is 21.7 Å². The van der Waals surface area contributed by atoms with E-state index in [1.807, 2.05) is 24.3 Å². The second-order valence-corrected chi connectivity index (χ2v) is 9.25. The van der Waals surface area contributed by atoms with Gasteiger partial charge in [-0.25, -0.2) is 4.79 Å². The first-order valence-corrected chi connectivity index (χ1v) is 12.5. The van der Waals surface area contributed by atoms with Crippen LogP contribution in [0.2, 0.25) is 0 Å². The Hall–Kier alpha value is -3.11. The second kappa shape index (κ2) is 11.3. The molecular weight excluding hydrogens is 422 g/mol. The van der Waals surface area contributed by atoms with Crippen LogP contribution >= 0.6 is 0 Å². The van der Waals surface area contributed by atoms with E-state index in [0.29, 0.717) is 18.2 Å². The van der Waals surface area contributed by atoms with Crippen LogP contribution in [0.5, 0.6) is 0 Å². The van der Waals surface area contributed by atoms with E-state index in [4.69, 9.17) is 4.74 Å². The second-order valence-electron chi connectivity index (χ2n) is 9.25. The first-order chi connectivity index (χ1) is 16.6. The van der Waals surface area contributed by atoms with Crippen molar-refractivity contribution in [2.75, 3.05) is 0 Å². The highest BCUT2D eigenvalue weighted by atomic mass is 16.5. The maximum atomic E-state index is 11.5. The molecule has 0 saturated carbocycles. The lowest BCUT2D eigenvalue weighted by Crippen LogP contribution is -2.09. The first-order valence-electron chi connectivity index (χ1n) is 12.5. The van der Waals surface area contributed by atoms with Gasteiger partial charge in [-0.1, -0.05) is 74.7 Å². The molecule has 178 valence electrons. The van der Waals surface area contributed by atoms with E-state index in [9.17, 15) is 9.90 Å². The lowest BCUT2D eigenvalue weighted by molar-refractivity contribution is 0.0675. The molecule has 0 saturated heterocycles. The number of fused-ring (bicyclic) bond motifs is 1. The van der Waals surface area contributed by atoms with Crippen molar-refractivity contribution in [3.63, 3.8) is 0 Å². The van der Waals surface area contributed by atoms with Crippen LogP contribution in [0.4, 0.5) is 0 Å². The number of carboxylic acids is 1. The molecule has 1 aromatic heterocycles. The van der Waals surface area contributed by atoms with Crippen LogP contribution in [-0.2, 0) is 11.3 Å². The summed E-state index contributed by atoms with van der Waals surface area (Å²) in [7, 11) is 0. The number of carbonyl (C=O) groups is 1. The zero-order valence-corrected chi connectivity index (χ0v) is 20.2. The number of benzene rings is 2. The molecule has 1 aliphatic rings. The number of aromatic carboxylic acids is 1. The van der Waals surface area contributed by atoms with Crippen LogP contribution < -0.4 is 0 Å². The Morgan fingerprint density at radius 3 is 2.74 bits per heavy atom. The Balaban J connectivity index is 1.61. The molecule has 4 heteroatoms. The van der Waals surface area contributed by atoms with E-state index in [1.54, 1.807) is 12.1 Å². The standard InChI is InChI=1S/C30H35NO3/c1-3-4-6-10-22(2)31-28-18-16-25(30(32)33)19-26(28)20-29(31)24-13-9-14-27(17-15-24)34-21-23-11-7-5-8-12-23/h5,7-8,11-13,15-20,22,27H,3-4,6,9-10,14,21H2,1-2H3,(H,32,33). The number of ether oxygens (including phenoxy) is 1. The van der Waals surface area contributed by atoms with E-state index < -0.39 is 5.97 Å². The fraction of sp³-hybridized carbons (Fsp3) is 0.367. The van der Waals surface area contributed by atoms with Crippen molar-refractivity contribution in [1.82, 2.24) is 4.57 Å². The number of aromatic nitrogens is 1. The summed E-state index contributed by atoms with van der Waals surface area (Å²) < 4.78 is 8.59. The monoisotopic (exact) mass is 457 g/mol. The highest BCUT2D eigenvalue weighted by molar-refractivity contribution is 5.95. The third-order valence-electron chi connectivity index (χ3n) is 6.66. The minimum atomic E-state index is -0.890. The average Bonchev–Trinajstić information content (AvgIpc) is 3.06. The van der Waals surface area contributed by atoms with Gasteiger partial charge in [0.15, 0.2) is 0 Å². The van der Waals surface area contributed by atoms with Crippen LogP contribution in [0.25, 0.3) is 16.5 Å². The van der Waals surface area contributed by atoms with Crippen molar-refractivity contribution >= 4 is 22.4 Å². The maximum absolute atomic E-state index is 11.5. The smallest absolute Gasteiger partial charge is 0.335 e. The van der Waals surface area contributed by atoms with Gasteiger partial charge in [-0.15, -0.1) is 0 Å². The van der Waals surface area contributed by atoms with Crippen molar-refractivity contribution in [2.45, 2.75) is 71.1 Å². The quantitative estimate of drug-likeness (QED) is 0.316. The third-order valence-corrected chi connectivity index (χ3v) is 6.66. The Kier molecular flexibility index (Phi) is 8.02. The zero-order valence-electron chi connectivity index (χ0n) is 20.2. The Labute approximate surface area is 202 Å². The first kappa shape index (κ1) is 24.0. The van der Waals surface area contributed by atoms with Gasteiger partial charge in [-0.05, 0) is 61.6 Å². The maximum Gasteiger partial charge on any atom is 0.335 e. The van der Waals surface area contributed by atoms with Gasteiger partial charge < -0.3 is 14.4 Å². The normalized spacial score (nSPS) is 16.9. The molecule has 1 N–H and O–H groups in total. The molecule has 2 atom stereocenters. The van der Waals surface area contributed by atoms with Gasteiger partial charge in [0.05, 0.1) is 18.3 Å². The van der Waals surface area contributed by atoms with Crippen LogP contribution in [0.1, 0.15) is 80.0 Å². The Bertz CT molecular complexity index is 1170. The van der Waals surface area contributed by atoms with Crippen molar-refractivity contribution < 1.29 is 14.6 Å². The molecule has 1 aliphatic carbocycles. The lowest BCUT2D eigenvalue weighted by atomic mass is 10.1. The van der Waals surface area contributed by atoms with Crippen LogP contribution in [0.15, 0.2) is 72.8 Å². The van der Waals surface area contributed by atoms with Gasteiger partial charge in [0.2, 0.25) is 0 Å². The van der Waals surface area contributed by atoms with E-state index in [-0.39, 0.29) is 6.10 Å². The molecule has 4 rings (SSSR count). The lowest BCUT2D eigenvalue weighted by Gasteiger charge is -2.20. The molecule has 3 aromatic rings. The predicted molar refractivity (Wildman–Crippen MR) is 139 cm³/mol. The molecule has 0 bridgehead atoms. The van der Waals surface area contributed by atoms with Gasteiger partial charge in [0.25, 0.3) is 0 Å². The Morgan fingerprint density at radius 1 is 1.15 bits per heavy atom. The van der Waals surface area contributed by atoms with E-state index in [1.165, 1.54) is 30.4 Å². The van der Waals surface area contributed by atoms with Gasteiger partial charge >= 0.3 is 5.97 Å². The van der Waals surface area contributed by atoms with Crippen molar-refractivity contribution in [2.24, 2.45) is 0 Å². The molecule has 0 aliphatic heterocycles. The fourth-order valence-corrected chi connectivity index (χ4v) is 4.77. The number of hydrogen-bond acceptors (Lipinski definition) is 2. The molecule has 2 aromatic carbocycles. The average molecular weight is 458 g/mol. The topological polar surface area (TPSA) is 51.5 Å². The number of allylic oxidation sites excluding steroid dienone is 3. The van der Waals surface area contributed by atoms with Crippen LogP contribution in [0, 0.1) is 0 Å². The molecule has 0 fully saturated rings. The summed E-state index contributed by atoms with van der Waals surface area (Å²) in [6.07, 6.45) is 13.3. The molecular formula is C30H35NO3. The molecule has 0 spiro atoms. The molecule has 2 unspecified atom stereocenters. The highest BCUT2D eigenvalue weighted by Crippen LogP contribution is 2.33. The largest absolute Gasteiger partial charge is 0.478 e. The number of hydrogen-bond donors (Lipinski definition) is 1. The van der Waals surface area contributed by atoms with Gasteiger partial charge in [-0.3, -0.25) is 0 Å². The van der Waals surface area contributed by atoms with Crippen LogP contribution in [0.3, 0.4) is 0 Å². The van der Waals surface area contributed by atoms with E-state index >= 15 is 0 Å². The highest BCUT2D eigenvalue weighted by Gasteiger charge is 2.19. The van der Waals surface area contributed by atoms with E-state index in [0.717, 1.165) is 35.9 Å². The molecule has 1 heterocycles. The summed E-state index contributed by atoms with van der Waals surface area (Å²) >= 11 is 0. The summed E-state index contributed by atoms with van der Waals surface area (Å²) in [6, 6.07) is 18.2. The molecule has 34 heavy (non-hydrogen) atoms. The minimum Gasteiger partial charge on any atom is -0.478 e. The SMILES string of the molecule is CCCCCC(C)n1c(C2=CCCC(OCc3ccccc3)C=C2)cc2cc(C(=O)O)ccc21. The minimum absolute atomic E-state index is 0.0763. The third kappa shape index (κ3) is 5.68. The molecule has 4 nitrogen and oxygen atoms in total. The van der Waals surface area contributed by atoms with E-state index in [2.05, 4.69) is 54.8 Å². The van der Waals surface area contributed by atoms with Gasteiger partial charge in [0.1, 0.15) is 0 Å². The molecule has 0 amide bonds. The van der Waals surface area contributed by atoms with Crippen molar-refractivity contribution in [1.29, 1.82) is 0 Å².